The van der Waals surface area contributed by atoms with Gasteiger partial charge in [-0.2, -0.15) is 18.2 Å². The first kappa shape index (κ1) is 16.9. The lowest BCUT2D eigenvalue weighted by atomic mass is 10.3. The molecule has 1 aromatic carbocycles. The van der Waals surface area contributed by atoms with Crippen LogP contribution in [-0.2, 0) is 12.7 Å². The zero-order valence-corrected chi connectivity index (χ0v) is 13.3. The number of carbonyl (C=O) groups is 1. The minimum Gasteiger partial charge on any atom is -0.346 e. The van der Waals surface area contributed by atoms with Gasteiger partial charge in [0, 0.05) is 6.04 Å². The molecule has 1 N–H and O–H groups in total. The molecule has 0 aliphatic heterocycles. The van der Waals surface area contributed by atoms with E-state index >= 15 is 0 Å². The number of imidazole rings is 1. The summed E-state index contributed by atoms with van der Waals surface area (Å²) in [6.07, 6.45) is -4.64. The molecule has 0 unspecified atom stereocenters. The Bertz CT molecular complexity index is 913. The molecule has 0 radical (unpaired) electrons. The second-order valence-corrected chi connectivity index (χ2v) is 5.65. The molecule has 25 heavy (non-hydrogen) atoms. The van der Waals surface area contributed by atoms with Crippen molar-refractivity contribution in [2.24, 2.45) is 0 Å². The molecule has 3 rings (SSSR count). The van der Waals surface area contributed by atoms with Gasteiger partial charge in [-0.15, -0.1) is 0 Å². The molecule has 0 bridgehead atoms. The van der Waals surface area contributed by atoms with Crippen molar-refractivity contribution in [1.82, 2.24) is 25.0 Å². The van der Waals surface area contributed by atoms with Crippen LogP contribution < -0.4 is 5.32 Å². The standard InChI is InChI=1S/C15H14F3N5O2/c1-8(2)19-12(24)13-21-11(22-25-13)7-23-10-6-4-3-5-9(10)20-14(23)15(16,17)18/h3-6,8H,7H2,1-2H3,(H,19,24). The molecule has 0 aliphatic rings. The number of hydrogen-bond donors (Lipinski definition) is 1. The van der Waals surface area contributed by atoms with Gasteiger partial charge in [0.25, 0.3) is 0 Å². The Labute approximate surface area is 139 Å². The van der Waals surface area contributed by atoms with E-state index in [9.17, 15) is 18.0 Å². The van der Waals surface area contributed by atoms with Crippen LogP contribution in [0.3, 0.4) is 0 Å². The van der Waals surface area contributed by atoms with E-state index in [0.29, 0.717) is 0 Å². The van der Waals surface area contributed by atoms with Crippen LogP contribution in [0.5, 0.6) is 0 Å². The fourth-order valence-electron chi connectivity index (χ4n) is 2.33. The van der Waals surface area contributed by atoms with Crippen molar-refractivity contribution >= 4 is 16.9 Å². The van der Waals surface area contributed by atoms with Crippen LogP contribution in [-0.4, -0.2) is 31.6 Å². The second-order valence-electron chi connectivity index (χ2n) is 5.65. The summed E-state index contributed by atoms with van der Waals surface area (Å²) < 4.78 is 45.5. The minimum absolute atomic E-state index is 0.0532. The molecule has 1 amide bonds. The number of nitrogens with zero attached hydrogens (tertiary/aromatic N) is 4. The van der Waals surface area contributed by atoms with Gasteiger partial charge in [-0.3, -0.25) is 4.79 Å². The number of carbonyl (C=O) groups excluding carboxylic acids is 1. The first-order valence-electron chi connectivity index (χ1n) is 7.41. The molecule has 0 atom stereocenters. The molecule has 3 aromatic rings. The van der Waals surface area contributed by atoms with Crippen molar-refractivity contribution in [3.05, 3.63) is 41.8 Å². The highest BCUT2D eigenvalue weighted by atomic mass is 19.4. The minimum atomic E-state index is -4.64. The van der Waals surface area contributed by atoms with Crippen LogP contribution in [0, 0.1) is 0 Å². The molecular formula is C15H14F3N5O2. The summed E-state index contributed by atoms with van der Waals surface area (Å²) in [6, 6.07) is 6.07. The van der Waals surface area contributed by atoms with Crippen molar-refractivity contribution in [1.29, 1.82) is 0 Å². The second kappa shape index (κ2) is 6.19. The van der Waals surface area contributed by atoms with E-state index in [2.05, 4.69) is 20.4 Å². The van der Waals surface area contributed by atoms with E-state index in [1.54, 1.807) is 26.0 Å². The third-order valence-corrected chi connectivity index (χ3v) is 3.29. The van der Waals surface area contributed by atoms with Crippen LogP contribution >= 0.6 is 0 Å². The molecule has 7 nitrogen and oxygen atoms in total. The lowest BCUT2D eigenvalue weighted by molar-refractivity contribution is -0.146. The highest BCUT2D eigenvalue weighted by Gasteiger charge is 2.38. The third-order valence-electron chi connectivity index (χ3n) is 3.29. The number of fused-ring (bicyclic) bond motifs is 1. The molecule has 0 fully saturated rings. The van der Waals surface area contributed by atoms with Crippen LogP contribution in [0.2, 0.25) is 0 Å². The molecule has 0 saturated carbocycles. The summed E-state index contributed by atoms with van der Waals surface area (Å²) >= 11 is 0. The fraction of sp³-hybridized carbons (Fsp3) is 0.333. The number of para-hydroxylation sites is 2. The Kier molecular flexibility index (Phi) is 4.19. The lowest BCUT2D eigenvalue weighted by Crippen LogP contribution is -2.30. The van der Waals surface area contributed by atoms with E-state index < -0.39 is 17.9 Å². The molecule has 2 aromatic heterocycles. The predicted molar refractivity (Wildman–Crippen MR) is 80.7 cm³/mol. The van der Waals surface area contributed by atoms with E-state index in [0.717, 1.165) is 4.57 Å². The maximum absolute atomic E-state index is 13.3. The molecule has 2 heterocycles. The van der Waals surface area contributed by atoms with E-state index in [-0.39, 0.29) is 35.3 Å². The number of rotatable bonds is 4. The number of alkyl halides is 3. The topological polar surface area (TPSA) is 85.8 Å². The van der Waals surface area contributed by atoms with Crippen molar-refractivity contribution in [3.63, 3.8) is 0 Å². The summed E-state index contributed by atoms with van der Waals surface area (Å²) in [5.41, 5.74) is 0.490. The first-order chi connectivity index (χ1) is 11.8. The largest absolute Gasteiger partial charge is 0.449 e. The molecular weight excluding hydrogens is 339 g/mol. The maximum atomic E-state index is 13.3. The Hall–Kier alpha value is -2.91. The molecule has 0 saturated heterocycles. The van der Waals surface area contributed by atoms with Crippen LogP contribution in [0.4, 0.5) is 13.2 Å². The third kappa shape index (κ3) is 3.47. The average Bonchev–Trinajstić information content (AvgIpc) is 3.12. The molecule has 10 heteroatoms. The van der Waals surface area contributed by atoms with Gasteiger partial charge in [0.2, 0.25) is 5.82 Å². The highest BCUT2D eigenvalue weighted by Crippen LogP contribution is 2.31. The van der Waals surface area contributed by atoms with Gasteiger partial charge >= 0.3 is 18.0 Å². The van der Waals surface area contributed by atoms with Crippen molar-refractivity contribution < 1.29 is 22.5 Å². The zero-order chi connectivity index (χ0) is 18.2. The summed E-state index contributed by atoms with van der Waals surface area (Å²) in [6.45, 7) is 3.18. The van der Waals surface area contributed by atoms with Gasteiger partial charge in [0.1, 0.15) is 0 Å². The van der Waals surface area contributed by atoms with Crippen LogP contribution in [0.25, 0.3) is 11.0 Å². The Balaban J connectivity index is 1.96. The van der Waals surface area contributed by atoms with Gasteiger partial charge in [0.05, 0.1) is 17.6 Å². The smallest absolute Gasteiger partial charge is 0.346 e. The number of amides is 1. The number of nitrogens with one attached hydrogen (secondary N) is 1. The first-order valence-corrected chi connectivity index (χ1v) is 7.41. The predicted octanol–water partition coefficient (Wildman–Crippen LogP) is 2.62. The SMILES string of the molecule is CC(C)NC(=O)c1nc(Cn2c(C(F)(F)F)nc3ccccc32)no1. The molecule has 0 aliphatic carbocycles. The normalized spacial score (nSPS) is 12.1. The molecule has 132 valence electrons. The van der Waals surface area contributed by atoms with Crippen molar-refractivity contribution in [2.45, 2.75) is 32.6 Å². The Morgan fingerprint density at radius 2 is 2.00 bits per heavy atom. The average molecular weight is 353 g/mol. The van der Waals surface area contributed by atoms with E-state index in [1.165, 1.54) is 12.1 Å². The van der Waals surface area contributed by atoms with Crippen LogP contribution in [0.15, 0.2) is 28.8 Å². The highest BCUT2D eigenvalue weighted by molar-refractivity contribution is 5.89. The number of aromatic nitrogens is 4. The summed E-state index contributed by atoms with van der Waals surface area (Å²) in [5, 5.41) is 6.15. The van der Waals surface area contributed by atoms with Gasteiger partial charge in [-0.05, 0) is 26.0 Å². The monoisotopic (exact) mass is 353 g/mol. The lowest BCUT2D eigenvalue weighted by Gasteiger charge is -2.09. The summed E-state index contributed by atoms with van der Waals surface area (Å²) in [5.74, 6) is -2.00. The van der Waals surface area contributed by atoms with Gasteiger partial charge in [-0.25, -0.2) is 4.98 Å². The Morgan fingerprint density at radius 3 is 2.68 bits per heavy atom. The number of hydrogen-bond acceptors (Lipinski definition) is 5. The number of halogens is 3. The van der Waals surface area contributed by atoms with Crippen molar-refractivity contribution in [2.75, 3.05) is 0 Å². The Morgan fingerprint density at radius 1 is 1.28 bits per heavy atom. The van der Waals surface area contributed by atoms with Crippen LogP contribution in [0.1, 0.15) is 36.2 Å². The van der Waals surface area contributed by atoms with Gasteiger partial charge in [-0.1, -0.05) is 17.3 Å². The maximum Gasteiger partial charge on any atom is 0.449 e. The number of benzene rings is 1. The quantitative estimate of drug-likeness (QED) is 0.779. The van der Waals surface area contributed by atoms with Gasteiger partial charge in [0.15, 0.2) is 5.82 Å². The van der Waals surface area contributed by atoms with Crippen molar-refractivity contribution in [3.8, 4) is 0 Å². The van der Waals surface area contributed by atoms with E-state index in [1.807, 2.05) is 0 Å². The zero-order valence-electron chi connectivity index (χ0n) is 13.3. The summed E-state index contributed by atoms with van der Waals surface area (Å²) in [4.78, 5) is 19.3. The summed E-state index contributed by atoms with van der Waals surface area (Å²) in [7, 11) is 0. The fourth-order valence-corrected chi connectivity index (χ4v) is 2.33. The van der Waals surface area contributed by atoms with Gasteiger partial charge < -0.3 is 14.4 Å². The van der Waals surface area contributed by atoms with E-state index in [4.69, 9.17) is 4.52 Å². The molecule has 0 spiro atoms.